The van der Waals surface area contributed by atoms with Gasteiger partial charge < -0.3 is 0 Å². The molecule has 14 heavy (non-hydrogen) atoms. The van der Waals surface area contributed by atoms with Crippen LogP contribution in [0.4, 0.5) is 10.5 Å². The number of hydrogen-bond donors (Lipinski definition) is 1. The summed E-state index contributed by atoms with van der Waals surface area (Å²) in [6, 6.07) is 8.66. The van der Waals surface area contributed by atoms with Gasteiger partial charge >= 0.3 is 6.09 Å². The van der Waals surface area contributed by atoms with E-state index >= 15 is 0 Å². The van der Waals surface area contributed by atoms with E-state index in [1.165, 1.54) is 0 Å². The molecule has 1 aromatic rings. The van der Waals surface area contributed by atoms with Crippen molar-refractivity contribution in [2.75, 3.05) is 11.6 Å². The third-order valence-electron chi connectivity index (χ3n) is 1.59. The summed E-state index contributed by atoms with van der Waals surface area (Å²) in [4.78, 5) is 10.7. The van der Waals surface area contributed by atoms with E-state index in [1.54, 1.807) is 30.3 Å². The maximum Gasteiger partial charge on any atom is 0.471 e. The number of benzene rings is 1. The quantitative estimate of drug-likeness (QED) is 0.582. The van der Waals surface area contributed by atoms with Crippen LogP contribution in [0.2, 0.25) is 0 Å². The molecule has 0 saturated heterocycles. The lowest BCUT2D eigenvalue weighted by Crippen LogP contribution is -2.41. The first-order valence-corrected chi connectivity index (χ1v) is 4.16. The molecular formula is C10H11N2O2. The largest absolute Gasteiger partial charge is 0.471 e. The maximum atomic E-state index is 10.7. The van der Waals surface area contributed by atoms with E-state index in [0.29, 0.717) is 12.2 Å². The number of anilines is 1. The number of carbonyl (C=O) groups excluding carboxylic acids is 1. The summed E-state index contributed by atoms with van der Waals surface area (Å²) < 4.78 is 0. The fourth-order valence-electron chi connectivity index (χ4n) is 0.994. The number of para-hydroxylation sites is 1. The minimum absolute atomic E-state index is 0.364. The molecule has 0 aliphatic carbocycles. The van der Waals surface area contributed by atoms with Gasteiger partial charge in [0.05, 0.1) is 5.69 Å². The monoisotopic (exact) mass is 191 g/mol. The number of nitrogens with zero attached hydrogens (tertiary/aromatic N) is 1. The molecule has 0 saturated carbocycles. The molecule has 0 heterocycles. The minimum Gasteiger partial charge on any atom is -0.220 e. The summed E-state index contributed by atoms with van der Waals surface area (Å²) in [5.74, 6) is 0. The van der Waals surface area contributed by atoms with Crippen molar-refractivity contribution in [1.82, 2.24) is 5.43 Å². The first-order valence-electron chi connectivity index (χ1n) is 4.16. The van der Waals surface area contributed by atoms with Crippen LogP contribution in [0.25, 0.3) is 0 Å². The Kier molecular flexibility index (Phi) is 3.69. The zero-order valence-electron chi connectivity index (χ0n) is 7.64. The summed E-state index contributed by atoms with van der Waals surface area (Å²) in [6.07, 6.45) is 0.275. The van der Waals surface area contributed by atoms with Crippen LogP contribution in [0.5, 0.6) is 0 Å². The molecular weight excluding hydrogens is 180 g/mol. The summed E-state index contributed by atoms with van der Waals surface area (Å²) in [5, 5.41) is 11.7. The summed E-state index contributed by atoms with van der Waals surface area (Å²) in [6.45, 7) is 3.85. The molecule has 0 aromatic heterocycles. The standard InChI is InChI=1S/C10H11N2O2/c1-2-8-11-12(10(13)14)9-6-4-3-5-7-9/h2-7,11H,1,8H2. The van der Waals surface area contributed by atoms with E-state index in [0.717, 1.165) is 5.01 Å². The molecule has 0 spiro atoms. The highest BCUT2D eigenvalue weighted by Gasteiger charge is 2.13. The summed E-state index contributed by atoms with van der Waals surface area (Å²) in [5.41, 5.74) is 3.16. The molecule has 0 fully saturated rings. The van der Waals surface area contributed by atoms with Gasteiger partial charge in [0, 0.05) is 6.54 Å². The molecule has 4 heteroatoms. The molecule has 4 nitrogen and oxygen atoms in total. The normalized spacial score (nSPS) is 9.43. The Balaban J connectivity index is 2.78. The van der Waals surface area contributed by atoms with Crippen molar-refractivity contribution < 1.29 is 9.90 Å². The second-order valence-corrected chi connectivity index (χ2v) is 2.59. The van der Waals surface area contributed by atoms with Gasteiger partial charge in [0.25, 0.3) is 0 Å². The fourth-order valence-corrected chi connectivity index (χ4v) is 0.994. The lowest BCUT2D eigenvalue weighted by molar-refractivity contribution is 0.173. The predicted molar refractivity (Wildman–Crippen MR) is 53.2 cm³/mol. The van der Waals surface area contributed by atoms with Crippen molar-refractivity contribution in [2.45, 2.75) is 0 Å². The number of nitrogens with one attached hydrogen (secondary N) is 1. The third-order valence-corrected chi connectivity index (χ3v) is 1.59. The molecule has 1 N–H and O–H groups in total. The average molecular weight is 191 g/mol. The Labute approximate surface area is 82.4 Å². The molecule has 1 aromatic carbocycles. The van der Waals surface area contributed by atoms with Crippen molar-refractivity contribution in [2.24, 2.45) is 0 Å². The zero-order chi connectivity index (χ0) is 10.4. The smallest absolute Gasteiger partial charge is 0.220 e. The molecule has 0 bridgehead atoms. The van der Waals surface area contributed by atoms with Gasteiger partial charge in [-0.15, -0.1) is 6.58 Å². The molecule has 1 rings (SSSR count). The van der Waals surface area contributed by atoms with Crippen LogP contribution in [0.15, 0.2) is 43.0 Å². The number of rotatable bonds is 4. The van der Waals surface area contributed by atoms with E-state index in [-0.39, 0.29) is 0 Å². The predicted octanol–water partition coefficient (Wildman–Crippen LogP) is 1.73. The van der Waals surface area contributed by atoms with Crippen LogP contribution in [-0.4, -0.2) is 12.6 Å². The molecule has 1 amide bonds. The highest BCUT2D eigenvalue weighted by molar-refractivity contribution is 5.84. The van der Waals surface area contributed by atoms with Gasteiger partial charge in [-0.3, -0.25) is 0 Å². The molecule has 0 atom stereocenters. The number of amides is 1. The van der Waals surface area contributed by atoms with E-state index in [4.69, 9.17) is 0 Å². The van der Waals surface area contributed by atoms with Crippen LogP contribution in [0.1, 0.15) is 0 Å². The van der Waals surface area contributed by atoms with Crippen LogP contribution in [0, 0.1) is 0 Å². The molecule has 0 unspecified atom stereocenters. The lowest BCUT2D eigenvalue weighted by atomic mass is 10.3. The lowest BCUT2D eigenvalue weighted by Gasteiger charge is -2.17. The zero-order valence-corrected chi connectivity index (χ0v) is 7.64. The maximum absolute atomic E-state index is 10.7. The van der Waals surface area contributed by atoms with Crippen molar-refractivity contribution in [3.8, 4) is 0 Å². The Bertz CT molecular complexity index is 311. The Hall–Kier alpha value is -1.81. The Morgan fingerprint density at radius 2 is 2.07 bits per heavy atom. The van der Waals surface area contributed by atoms with Gasteiger partial charge in [-0.05, 0) is 12.1 Å². The van der Waals surface area contributed by atoms with E-state index in [2.05, 4.69) is 12.0 Å². The van der Waals surface area contributed by atoms with Gasteiger partial charge in [0.15, 0.2) is 0 Å². The van der Waals surface area contributed by atoms with E-state index in [1.807, 2.05) is 6.07 Å². The first-order chi connectivity index (χ1) is 6.75. The third kappa shape index (κ3) is 2.60. The topological polar surface area (TPSA) is 52.2 Å². The van der Waals surface area contributed by atoms with Gasteiger partial charge in [0.1, 0.15) is 0 Å². The fraction of sp³-hybridized carbons (Fsp3) is 0.100. The Morgan fingerprint density at radius 1 is 1.43 bits per heavy atom. The van der Waals surface area contributed by atoms with Crippen molar-refractivity contribution in [3.63, 3.8) is 0 Å². The number of hydrazine groups is 1. The van der Waals surface area contributed by atoms with Gasteiger partial charge in [0.2, 0.25) is 0 Å². The molecule has 73 valence electrons. The highest BCUT2D eigenvalue weighted by Crippen LogP contribution is 2.10. The molecule has 0 aliphatic rings. The van der Waals surface area contributed by atoms with E-state index in [9.17, 15) is 9.90 Å². The van der Waals surface area contributed by atoms with Crippen LogP contribution in [0.3, 0.4) is 0 Å². The molecule has 1 radical (unpaired) electrons. The van der Waals surface area contributed by atoms with Crippen LogP contribution in [-0.2, 0) is 5.11 Å². The van der Waals surface area contributed by atoms with Crippen molar-refractivity contribution >= 4 is 11.8 Å². The van der Waals surface area contributed by atoms with Crippen molar-refractivity contribution in [1.29, 1.82) is 0 Å². The van der Waals surface area contributed by atoms with Gasteiger partial charge in [-0.2, -0.15) is 0 Å². The number of hydrogen-bond acceptors (Lipinski definition) is 2. The summed E-state index contributed by atoms with van der Waals surface area (Å²) in [7, 11) is 0. The first kappa shape index (κ1) is 10.3. The van der Waals surface area contributed by atoms with Crippen molar-refractivity contribution in [3.05, 3.63) is 43.0 Å². The average Bonchev–Trinajstić information content (AvgIpc) is 2.19. The second-order valence-electron chi connectivity index (χ2n) is 2.59. The molecule has 0 aliphatic heterocycles. The van der Waals surface area contributed by atoms with Crippen LogP contribution < -0.4 is 10.4 Å². The van der Waals surface area contributed by atoms with Gasteiger partial charge in [-0.25, -0.2) is 20.3 Å². The minimum atomic E-state index is -1.29. The van der Waals surface area contributed by atoms with Gasteiger partial charge in [-0.1, -0.05) is 24.3 Å². The highest BCUT2D eigenvalue weighted by atomic mass is 16.4. The Morgan fingerprint density at radius 3 is 2.57 bits per heavy atom. The van der Waals surface area contributed by atoms with Crippen LogP contribution >= 0.6 is 0 Å². The SMILES string of the molecule is C=CCNN(C([O])=O)c1ccccc1. The second kappa shape index (κ2) is 5.04. The number of carbonyl (C=O) groups is 1. The summed E-state index contributed by atoms with van der Waals surface area (Å²) >= 11 is 0. The van der Waals surface area contributed by atoms with E-state index < -0.39 is 6.09 Å².